The van der Waals surface area contributed by atoms with Crippen molar-refractivity contribution in [1.82, 2.24) is 4.90 Å². The average molecular weight is 358 g/mol. The van der Waals surface area contributed by atoms with Crippen LogP contribution in [-0.4, -0.2) is 34.5 Å². The Morgan fingerprint density at radius 3 is 2.14 bits per heavy atom. The predicted molar refractivity (Wildman–Crippen MR) is 85.2 cm³/mol. The summed E-state index contributed by atoms with van der Waals surface area (Å²) in [5.74, 6) is -0.613. The van der Waals surface area contributed by atoms with Gasteiger partial charge >= 0.3 is 0 Å². The topological polar surface area (TPSA) is 37.4 Å². The molecule has 0 aliphatic carbocycles. The van der Waals surface area contributed by atoms with Crippen LogP contribution in [0.25, 0.3) is 0 Å². The van der Waals surface area contributed by atoms with Crippen molar-refractivity contribution in [1.29, 1.82) is 0 Å². The molecule has 1 rings (SSSR count). The number of hydrogen-bond donors (Lipinski definition) is 0. The first-order valence-corrected chi connectivity index (χ1v) is 8.12. The van der Waals surface area contributed by atoms with Gasteiger partial charge in [0, 0.05) is 25.1 Å². The molecule has 0 aromatic heterocycles. The summed E-state index contributed by atoms with van der Waals surface area (Å²) in [6, 6.07) is 5.36. The average Bonchev–Trinajstić information content (AvgIpc) is 2.47. The van der Waals surface area contributed by atoms with E-state index in [2.05, 4.69) is 15.9 Å². The maximum atomic E-state index is 12.9. The Morgan fingerprint density at radius 2 is 1.67 bits per heavy atom. The number of hydrogen-bond acceptors (Lipinski definition) is 2. The fourth-order valence-corrected chi connectivity index (χ4v) is 2.61. The van der Waals surface area contributed by atoms with Gasteiger partial charge in [0.2, 0.25) is 5.91 Å². The number of carbonyl (C=O) groups is 2. The fourth-order valence-electron chi connectivity index (χ4n) is 2.07. The molecule has 0 saturated carbocycles. The first-order chi connectivity index (χ1) is 9.99. The van der Waals surface area contributed by atoms with Gasteiger partial charge in [-0.05, 0) is 37.1 Å². The lowest BCUT2D eigenvalue weighted by atomic mass is 10.1. The van der Waals surface area contributed by atoms with E-state index in [0.29, 0.717) is 18.7 Å². The van der Waals surface area contributed by atoms with Gasteiger partial charge in [-0.2, -0.15) is 0 Å². The standard InChI is InChI=1S/C16H21BrFNO2/c1-3-9-19(10-4-2)15(20)11-14(17)16(21)12-5-7-13(18)8-6-12/h5-8,14H,3-4,9-11H2,1-2H3. The zero-order chi connectivity index (χ0) is 15.8. The Kier molecular flexibility index (Phi) is 7.57. The molecular weight excluding hydrogens is 337 g/mol. The van der Waals surface area contributed by atoms with E-state index in [1.807, 2.05) is 13.8 Å². The lowest BCUT2D eigenvalue weighted by Crippen LogP contribution is -2.35. The second-order valence-electron chi connectivity index (χ2n) is 4.92. The van der Waals surface area contributed by atoms with Gasteiger partial charge in [0.25, 0.3) is 0 Å². The molecule has 0 radical (unpaired) electrons. The van der Waals surface area contributed by atoms with Gasteiger partial charge in [-0.1, -0.05) is 29.8 Å². The van der Waals surface area contributed by atoms with Gasteiger partial charge in [-0.15, -0.1) is 0 Å². The lowest BCUT2D eigenvalue weighted by molar-refractivity contribution is -0.131. The Morgan fingerprint density at radius 1 is 1.14 bits per heavy atom. The van der Waals surface area contributed by atoms with Crippen LogP contribution < -0.4 is 0 Å². The smallest absolute Gasteiger partial charge is 0.224 e. The molecule has 116 valence electrons. The zero-order valence-corrected chi connectivity index (χ0v) is 14.0. The summed E-state index contributed by atoms with van der Waals surface area (Å²) >= 11 is 3.28. The summed E-state index contributed by atoms with van der Waals surface area (Å²) in [4.78, 5) is 25.6. The summed E-state index contributed by atoms with van der Waals surface area (Å²) in [6.07, 6.45) is 1.91. The minimum absolute atomic E-state index is 0.0314. The van der Waals surface area contributed by atoms with Gasteiger partial charge in [0.1, 0.15) is 5.82 Å². The second kappa shape index (κ2) is 8.93. The molecule has 1 aromatic rings. The molecular formula is C16H21BrFNO2. The molecule has 1 amide bonds. The van der Waals surface area contributed by atoms with E-state index in [1.165, 1.54) is 24.3 Å². The van der Waals surface area contributed by atoms with Crippen molar-refractivity contribution >= 4 is 27.6 Å². The summed E-state index contributed by atoms with van der Waals surface area (Å²) in [5, 5.41) is 0. The van der Waals surface area contributed by atoms with Crippen molar-refractivity contribution in [3.8, 4) is 0 Å². The van der Waals surface area contributed by atoms with E-state index in [9.17, 15) is 14.0 Å². The minimum Gasteiger partial charge on any atom is -0.343 e. The van der Waals surface area contributed by atoms with Crippen LogP contribution in [0.5, 0.6) is 0 Å². The van der Waals surface area contributed by atoms with Gasteiger partial charge in [-0.25, -0.2) is 4.39 Å². The zero-order valence-electron chi connectivity index (χ0n) is 12.4. The van der Waals surface area contributed by atoms with Gasteiger partial charge in [0.05, 0.1) is 4.83 Å². The van der Waals surface area contributed by atoms with Crippen LogP contribution in [0.2, 0.25) is 0 Å². The number of nitrogens with zero attached hydrogens (tertiary/aromatic N) is 1. The quantitative estimate of drug-likeness (QED) is 0.524. The molecule has 0 bridgehead atoms. The molecule has 3 nitrogen and oxygen atoms in total. The molecule has 0 aliphatic rings. The fraction of sp³-hybridized carbons (Fsp3) is 0.500. The summed E-state index contributed by atoms with van der Waals surface area (Å²) in [6.45, 7) is 5.45. The number of ketones is 1. The van der Waals surface area contributed by atoms with Crippen molar-refractivity contribution in [2.45, 2.75) is 37.9 Å². The Hall–Kier alpha value is -1.23. The number of Topliss-reactive ketones (excluding diaryl/α,β-unsaturated/α-hetero) is 1. The number of amides is 1. The van der Waals surface area contributed by atoms with E-state index in [4.69, 9.17) is 0 Å². The maximum Gasteiger partial charge on any atom is 0.224 e. The van der Waals surface area contributed by atoms with Crippen molar-refractivity contribution in [2.24, 2.45) is 0 Å². The van der Waals surface area contributed by atoms with Crippen LogP contribution in [-0.2, 0) is 4.79 Å². The molecule has 0 saturated heterocycles. The molecule has 0 N–H and O–H groups in total. The van der Waals surface area contributed by atoms with Crippen LogP contribution in [0.3, 0.4) is 0 Å². The third-order valence-electron chi connectivity index (χ3n) is 3.11. The highest BCUT2D eigenvalue weighted by molar-refractivity contribution is 9.10. The van der Waals surface area contributed by atoms with Crippen LogP contribution in [0.15, 0.2) is 24.3 Å². The van der Waals surface area contributed by atoms with Crippen molar-refractivity contribution in [2.75, 3.05) is 13.1 Å². The van der Waals surface area contributed by atoms with Crippen LogP contribution in [0, 0.1) is 5.82 Å². The molecule has 1 atom stereocenters. The Bertz CT molecular complexity index is 470. The molecule has 1 unspecified atom stereocenters. The van der Waals surface area contributed by atoms with E-state index < -0.39 is 4.83 Å². The third-order valence-corrected chi connectivity index (χ3v) is 3.85. The van der Waals surface area contributed by atoms with E-state index in [-0.39, 0.29) is 23.9 Å². The molecule has 1 aromatic carbocycles. The number of alkyl halides is 1. The molecule has 0 spiro atoms. The number of rotatable bonds is 8. The lowest BCUT2D eigenvalue weighted by Gasteiger charge is -2.22. The summed E-state index contributed by atoms with van der Waals surface area (Å²) in [7, 11) is 0. The first-order valence-electron chi connectivity index (χ1n) is 7.21. The Labute approximate surface area is 133 Å². The second-order valence-corrected chi connectivity index (χ2v) is 6.03. The van der Waals surface area contributed by atoms with Crippen LogP contribution in [0.1, 0.15) is 43.5 Å². The maximum absolute atomic E-state index is 12.9. The Balaban J connectivity index is 2.66. The highest BCUT2D eigenvalue weighted by Gasteiger charge is 2.23. The highest BCUT2D eigenvalue weighted by atomic mass is 79.9. The van der Waals surface area contributed by atoms with Crippen molar-refractivity contribution in [3.05, 3.63) is 35.6 Å². The van der Waals surface area contributed by atoms with Crippen molar-refractivity contribution in [3.63, 3.8) is 0 Å². The molecule has 21 heavy (non-hydrogen) atoms. The van der Waals surface area contributed by atoms with Gasteiger partial charge < -0.3 is 4.90 Å². The minimum atomic E-state index is -0.577. The van der Waals surface area contributed by atoms with Gasteiger partial charge in [-0.3, -0.25) is 9.59 Å². The molecule has 0 heterocycles. The number of carbonyl (C=O) groups excluding carboxylic acids is 2. The summed E-state index contributed by atoms with van der Waals surface area (Å²) < 4.78 is 12.9. The monoisotopic (exact) mass is 357 g/mol. The van der Waals surface area contributed by atoms with Crippen molar-refractivity contribution < 1.29 is 14.0 Å². The highest BCUT2D eigenvalue weighted by Crippen LogP contribution is 2.16. The first kappa shape index (κ1) is 17.8. The van der Waals surface area contributed by atoms with Gasteiger partial charge in [0.15, 0.2) is 5.78 Å². The van der Waals surface area contributed by atoms with E-state index >= 15 is 0 Å². The molecule has 0 fully saturated rings. The SMILES string of the molecule is CCCN(CCC)C(=O)CC(Br)C(=O)c1ccc(F)cc1. The normalized spacial score (nSPS) is 12.0. The van der Waals surface area contributed by atoms with Crippen LogP contribution >= 0.6 is 15.9 Å². The van der Waals surface area contributed by atoms with E-state index in [0.717, 1.165) is 12.8 Å². The third kappa shape index (κ3) is 5.58. The number of benzene rings is 1. The predicted octanol–water partition coefficient (Wildman–Crippen LogP) is 3.81. The van der Waals surface area contributed by atoms with E-state index in [1.54, 1.807) is 4.90 Å². The molecule has 5 heteroatoms. The largest absolute Gasteiger partial charge is 0.343 e. The molecule has 0 aliphatic heterocycles. The summed E-state index contributed by atoms with van der Waals surface area (Å²) in [5.41, 5.74) is 0.406. The van der Waals surface area contributed by atoms with Crippen LogP contribution in [0.4, 0.5) is 4.39 Å². The number of halogens is 2.